The number of rotatable bonds is 5. The number of hydrogen-bond acceptors (Lipinski definition) is 1. The summed E-state index contributed by atoms with van der Waals surface area (Å²) < 4.78 is 29.9. The molecule has 1 aliphatic carbocycles. The Morgan fingerprint density at radius 3 is 2.38 bits per heavy atom. The van der Waals surface area contributed by atoms with Gasteiger partial charge in [-0.25, -0.2) is 8.78 Å². The predicted molar refractivity (Wildman–Crippen MR) is 89.2 cm³/mol. The van der Waals surface area contributed by atoms with Gasteiger partial charge in [0.2, 0.25) is 0 Å². The lowest BCUT2D eigenvalue weighted by molar-refractivity contribution is 0.0941. The maximum Gasteiger partial charge on any atom is 0.268 e. The fraction of sp³-hybridized carbons (Fsp3) is 0.421. The third-order valence-corrected chi connectivity index (χ3v) is 4.78. The van der Waals surface area contributed by atoms with Crippen molar-refractivity contribution >= 4 is 5.91 Å². The zero-order valence-electron chi connectivity index (χ0n) is 14.2. The molecule has 3 rings (SSSR count). The van der Waals surface area contributed by atoms with Gasteiger partial charge in [0.05, 0.1) is 6.54 Å². The van der Waals surface area contributed by atoms with Gasteiger partial charge in [0, 0.05) is 17.3 Å². The first-order valence-corrected chi connectivity index (χ1v) is 8.36. The molecule has 0 saturated heterocycles. The van der Waals surface area contributed by atoms with Gasteiger partial charge in [0.1, 0.15) is 17.3 Å². The highest BCUT2D eigenvalue weighted by Crippen LogP contribution is 2.27. The van der Waals surface area contributed by atoms with Gasteiger partial charge in [-0.2, -0.15) is 0 Å². The Labute approximate surface area is 140 Å². The summed E-state index contributed by atoms with van der Waals surface area (Å²) in [5.74, 6) is -1.34. The van der Waals surface area contributed by atoms with E-state index in [0.717, 1.165) is 36.1 Å². The lowest BCUT2D eigenvalue weighted by Gasteiger charge is -2.14. The topological polar surface area (TPSA) is 34.0 Å². The second-order valence-electron chi connectivity index (χ2n) is 6.43. The molecule has 2 aromatic rings. The van der Waals surface area contributed by atoms with E-state index in [0.29, 0.717) is 5.69 Å². The van der Waals surface area contributed by atoms with Gasteiger partial charge in [0.15, 0.2) is 0 Å². The van der Waals surface area contributed by atoms with E-state index in [2.05, 4.69) is 5.32 Å². The number of amides is 1. The lowest BCUT2D eigenvalue weighted by atomic mass is 10.1. The normalized spacial score (nSPS) is 14.0. The zero-order chi connectivity index (χ0) is 17.4. The maximum atomic E-state index is 14.1. The van der Waals surface area contributed by atoms with Gasteiger partial charge in [-0.3, -0.25) is 4.79 Å². The molecule has 1 saturated carbocycles. The van der Waals surface area contributed by atoms with E-state index in [4.69, 9.17) is 0 Å². The van der Waals surface area contributed by atoms with Crippen LogP contribution in [0.2, 0.25) is 0 Å². The molecule has 1 N–H and O–H groups in total. The summed E-state index contributed by atoms with van der Waals surface area (Å²) in [6.45, 7) is 5.84. The molecule has 0 bridgehead atoms. The second kappa shape index (κ2) is 6.38. The van der Waals surface area contributed by atoms with Gasteiger partial charge < -0.3 is 9.88 Å². The van der Waals surface area contributed by atoms with Gasteiger partial charge in [0.25, 0.3) is 5.91 Å². The van der Waals surface area contributed by atoms with Gasteiger partial charge >= 0.3 is 0 Å². The number of carbonyl (C=O) groups excluding carboxylic acids is 1. The van der Waals surface area contributed by atoms with Crippen LogP contribution in [0.4, 0.5) is 8.78 Å². The van der Waals surface area contributed by atoms with E-state index in [9.17, 15) is 13.6 Å². The van der Waals surface area contributed by atoms with Crippen LogP contribution in [0.15, 0.2) is 18.2 Å². The molecule has 0 unspecified atom stereocenters. The van der Waals surface area contributed by atoms with Crippen LogP contribution in [0, 0.1) is 25.5 Å². The second-order valence-corrected chi connectivity index (χ2v) is 6.43. The number of nitrogens with zero attached hydrogens (tertiary/aromatic N) is 1. The molecule has 0 atom stereocenters. The molecule has 1 aliphatic rings. The fourth-order valence-corrected chi connectivity index (χ4v) is 3.28. The average molecular weight is 332 g/mol. The standard InChI is InChI=1S/C19H22F2N2O/c1-4-14-11(2)18(19(24)22-13-8-9-13)23(12(14)3)10-15-16(20)6-5-7-17(15)21/h5-7,13H,4,8-10H2,1-3H3,(H,22,24). The Morgan fingerprint density at radius 1 is 1.21 bits per heavy atom. The van der Waals surface area contributed by atoms with Crippen molar-refractivity contribution in [1.82, 2.24) is 9.88 Å². The molecule has 24 heavy (non-hydrogen) atoms. The van der Waals surface area contributed by atoms with Gasteiger partial charge in [-0.05, 0) is 56.4 Å². The first kappa shape index (κ1) is 16.7. The van der Waals surface area contributed by atoms with Crippen LogP contribution in [0.25, 0.3) is 0 Å². The van der Waals surface area contributed by atoms with E-state index in [1.54, 1.807) is 4.57 Å². The minimum absolute atomic E-state index is 0.0125. The Balaban J connectivity index is 2.06. The van der Waals surface area contributed by atoms with Crippen LogP contribution in [-0.4, -0.2) is 16.5 Å². The highest BCUT2D eigenvalue weighted by Gasteiger charge is 2.28. The van der Waals surface area contributed by atoms with Crippen LogP contribution in [0.5, 0.6) is 0 Å². The summed E-state index contributed by atoms with van der Waals surface area (Å²) >= 11 is 0. The SMILES string of the molecule is CCc1c(C)c(C(=O)NC2CC2)n(Cc2c(F)cccc2F)c1C. The third kappa shape index (κ3) is 2.95. The monoisotopic (exact) mass is 332 g/mol. The molecule has 0 aliphatic heterocycles. The summed E-state index contributed by atoms with van der Waals surface area (Å²) in [5.41, 5.74) is 3.34. The third-order valence-electron chi connectivity index (χ3n) is 4.78. The van der Waals surface area contributed by atoms with Crippen molar-refractivity contribution in [2.75, 3.05) is 0 Å². The Kier molecular flexibility index (Phi) is 4.43. The van der Waals surface area contributed by atoms with Crippen LogP contribution in [0.3, 0.4) is 0 Å². The number of benzene rings is 1. The van der Waals surface area contributed by atoms with E-state index < -0.39 is 11.6 Å². The van der Waals surface area contributed by atoms with Crippen molar-refractivity contribution in [2.24, 2.45) is 0 Å². The van der Waals surface area contributed by atoms with Crippen molar-refractivity contribution < 1.29 is 13.6 Å². The summed E-state index contributed by atoms with van der Waals surface area (Å²) in [5, 5.41) is 2.98. The number of carbonyl (C=O) groups is 1. The van der Waals surface area contributed by atoms with Crippen LogP contribution in [-0.2, 0) is 13.0 Å². The summed E-state index contributed by atoms with van der Waals surface area (Å²) in [4.78, 5) is 12.7. The Hall–Kier alpha value is -2.17. The van der Waals surface area contributed by atoms with E-state index in [-0.39, 0.29) is 24.1 Å². The number of hydrogen-bond donors (Lipinski definition) is 1. The van der Waals surface area contributed by atoms with Crippen LogP contribution < -0.4 is 5.32 Å². The molecule has 1 heterocycles. The predicted octanol–water partition coefficient (Wildman–Crippen LogP) is 3.89. The molecule has 0 spiro atoms. The van der Waals surface area contributed by atoms with Crippen molar-refractivity contribution in [3.05, 3.63) is 57.9 Å². The van der Waals surface area contributed by atoms with E-state index in [1.165, 1.54) is 18.2 Å². The van der Waals surface area contributed by atoms with E-state index >= 15 is 0 Å². The minimum atomic E-state index is -0.590. The highest BCUT2D eigenvalue weighted by molar-refractivity contribution is 5.95. The van der Waals surface area contributed by atoms with Crippen molar-refractivity contribution in [3.63, 3.8) is 0 Å². The summed E-state index contributed by atoms with van der Waals surface area (Å²) in [6, 6.07) is 4.07. The Bertz CT molecular complexity index is 771. The minimum Gasteiger partial charge on any atom is -0.348 e. The van der Waals surface area contributed by atoms with Crippen molar-refractivity contribution in [2.45, 2.75) is 52.6 Å². The summed E-state index contributed by atoms with van der Waals surface area (Å²) in [7, 11) is 0. The number of nitrogens with one attached hydrogen (secondary N) is 1. The molecular formula is C19H22F2N2O. The molecule has 5 heteroatoms. The molecule has 1 aromatic carbocycles. The van der Waals surface area contributed by atoms with Crippen molar-refractivity contribution in [1.29, 1.82) is 0 Å². The molecule has 1 amide bonds. The fourth-order valence-electron chi connectivity index (χ4n) is 3.28. The molecule has 0 radical (unpaired) electrons. The summed E-state index contributed by atoms with van der Waals surface area (Å²) in [6.07, 6.45) is 2.76. The molecular weight excluding hydrogens is 310 g/mol. The maximum absolute atomic E-state index is 14.1. The van der Waals surface area contributed by atoms with E-state index in [1.807, 2.05) is 20.8 Å². The quantitative estimate of drug-likeness (QED) is 0.886. The molecule has 128 valence electrons. The van der Waals surface area contributed by atoms with Gasteiger partial charge in [-0.1, -0.05) is 13.0 Å². The van der Waals surface area contributed by atoms with Crippen LogP contribution >= 0.6 is 0 Å². The number of halogens is 2. The zero-order valence-corrected chi connectivity index (χ0v) is 14.2. The van der Waals surface area contributed by atoms with Crippen molar-refractivity contribution in [3.8, 4) is 0 Å². The average Bonchev–Trinajstić information content (AvgIpc) is 3.30. The Morgan fingerprint density at radius 2 is 1.83 bits per heavy atom. The first-order valence-electron chi connectivity index (χ1n) is 8.36. The largest absolute Gasteiger partial charge is 0.348 e. The molecule has 1 aromatic heterocycles. The molecule has 3 nitrogen and oxygen atoms in total. The number of aromatic nitrogens is 1. The van der Waals surface area contributed by atoms with Crippen LogP contribution in [0.1, 0.15) is 52.6 Å². The molecule has 1 fully saturated rings. The smallest absolute Gasteiger partial charge is 0.268 e. The lowest BCUT2D eigenvalue weighted by Crippen LogP contribution is -2.29. The first-order chi connectivity index (χ1) is 11.4. The highest BCUT2D eigenvalue weighted by atomic mass is 19.1. The van der Waals surface area contributed by atoms with Gasteiger partial charge in [-0.15, -0.1) is 0 Å².